The van der Waals surface area contributed by atoms with Crippen LogP contribution < -0.4 is 5.32 Å². The molecule has 1 aliphatic rings. The Morgan fingerprint density at radius 1 is 1.45 bits per heavy atom. The highest BCUT2D eigenvalue weighted by atomic mass is 16.5. The first-order valence-corrected chi connectivity index (χ1v) is 7.60. The molecule has 20 heavy (non-hydrogen) atoms. The van der Waals surface area contributed by atoms with Crippen molar-refractivity contribution in [2.45, 2.75) is 51.7 Å². The summed E-state index contributed by atoms with van der Waals surface area (Å²) in [5.41, 5.74) is 1.02. The van der Waals surface area contributed by atoms with E-state index < -0.39 is 0 Å². The van der Waals surface area contributed by atoms with Gasteiger partial charge in [-0.1, -0.05) is 12.8 Å². The summed E-state index contributed by atoms with van der Waals surface area (Å²) in [4.78, 5) is 4.52. The Morgan fingerprint density at radius 2 is 2.20 bits per heavy atom. The van der Waals surface area contributed by atoms with Gasteiger partial charge >= 0.3 is 0 Å². The molecule has 5 nitrogen and oxygen atoms in total. The summed E-state index contributed by atoms with van der Waals surface area (Å²) in [7, 11) is 1.73. The van der Waals surface area contributed by atoms with Gasteiger partial charge in [0.25, 0.3) is 0 Å². The number of rotatable bonds is 8. The zero-order chi connectivity index (χ0) is 14.4. The van der Waals surface area contributed by atoms with E-state index in [1.54, 1.807) is 7.11 Å². The maximum absolute atomic E-state index is 5.86. The van der Waals surface area contributed by atoms with Crippen molar-refractivity contribution in [1.82, 2.24) is 9.55 Å². The van der Waals surface area contributed by atoms with Crippen molar-refractivity contribution < 1.29 is 9.47 Å². The molecule has 114 valence electrons. The molecule has 1 aromatic rings. The van der Waals surface area contributed by atoms with Crippen LogP contribution in [0.3, 0.4) is 0 Å². The van der Waals surface area contributed by atoms with Gasteiger partial charge in [0.1, 0.15) is 0 Å². The van der Waals surface area contributed by atoms with Crippen molar-refractivity contribution >= 4 is 5.95 Å². The third kappa shape index (κ3) is 4.21. The van der Waals surface area contributed by atoms with Gasteiger partial charge in [-0.15, -0.1) is 0 Å². The molecular formula is C15H27N3O2. The average Bonchev–Trinajstić information content (AvgIpc) is 3.04. The molecule has 0 radical (unpaired) electrons. The Kier molecular flexibility index (Phi) is 5.86. The predicted octanol–water partition coefficient (Wildman–Crippen LogP) is 2.77. The van der Waals surface area contributed by atoms with Gasteiger partial charge in [-0.25, -0.2) is 4.98 Å². The maximum atomic E-state index is 5.86. The fraction of sp³-hybridized carbons (Fsp3) is 0.800. The molecule has 1 aliphatic carbocycles. The highest BCUT2D eigenvalue weighted by molar-refractivity contribution is 5.29. The van der Waals surface area contributed by atoms with Gasteiger partial charge in [-0.05, 0) is 26.7 Å². The molecule has 2 rings (SSSR count). The van der Waals surface area contributed by atoms with Crippen LogP contribution in [0, 0.1) is 6.92 Å². The van der Waals surface area contributed by atoms with Crippen molar-refractivity contribution in [3.8, 4) is 0 Å². The lowest BCUT2D eigenvalue weighted by Crippen LogP contribution is -2.19. The van der Waals surface area contributed by atoms with Crippen molar-refractivity contribution in [2.75, 3.05) is 32.2 Å². The molecule has 1 unspecified atom stereocenters. The lowest BCUT2D eigenvalue weighted by molar-refractivity contribution is 0.0657. The smallest absolute Gasteiger partial charge is 0.203 e. The first kappa shape index (κ1) is 15.3. The molecule has 0 bridgehead atoms. The van der Waals surface area contributed by atoms with Crippen LogP contribution >= 0.6 is 0 Å². The average molecular weight is 281 g/mol. The molecular weight excluding hydrogens is 254 g/mol. The van der Waals surface area contributed by atoms with E-state index in [2.05, 4.69) is 28.0 Å². The number of imidazole rings is 1. The predicted molar refractivity (Wildman–Crippen MR) is 80.2 cm³/mol. The fourth-order valence-electron chi connectivity index (χ4n) is 2.75. The zero-order valence-electron chi connectivity index (χ0n) is 12.9. The van der Waals surface area contributed by atoms with E-state index in [1.165, 1.54) is 25.7 Å². The third-order valence-electron chi connectivity index (χ3n) is 3.78. The van der Waals surface area contributed by atoms with Crippen LogP contribution in [0.2, 0.25) is 0 Å². The molecule has 0 aliphatic heterocycles. The minimum Gasteiger partial charge on any atom is -0.383 e. The number of anilines is 1. The van der Waals surface area contributed by atoms with E-state index in [1.807, 2.05) is 6.92 Å². The Balaban J connectivity index is 1.79. The molecule has 0 saturated heterocycles. The topological polar surface area (TPSA) is 48.3 Å². The van der Waals surface area contributed by atoms with E-state index in [9.17, 15) is 0 Å². The maximum Gasteiger partial charge on any atom is 0.203 e. The van der Waals surface area contributed by atoms with Crippen LogP contribution in [-0.4, -0.2) is 42.5 Å². The lowest BCUT2D eigenvalue weighted by atomic mass is 10.3. The molecule has 0 spiro atoms. The zero-order valence-corrected chi connectivity index (χ0v) is 12.9. The number of aromatic nitrogens is 2. The number of ether oxygens (including phenoxy) is 2. The van der Waals surface area contributed by atoms with Crippen molar-refractivity contribution in [2.24, 2.45) is 0 Å². The summed E-state index contributed by atoms with van der Waals surface area (Å²) in [6.07, 6.45) is 7.61. The van der Waals surface area contributed by atoms with Crippen LogP contribution in [0.25, 0.3) is 0 Å². The van der Waals surface area contributed by atoms with E-state index >= 15 is 0 Å². The third-order valence-corrected chi connectivity index (χ3v) is 3.78. The molecule has 1 heterocycles. The van der Waals surface area contributed by atoms with E-state index in [0.717, 1.165) is 24.8 Å². The molecule has 5 heteroatoms. The number of aryl methyl sites for hydroxylation is 1. The minimum absolute atomic E-state index is 0.277. The summed E-state index contributed by atoms with van der Waals surface area (Å²) in [6, 6.07) is 0.277. The minimum atomic E-state index is 0.277. The van der Waals surface area contributed by atoms with Gasteiger partial charge in [0.05, 0.1) is 31.1 Å². The normalized spacial score (nSPS) is 17.6. The highest BCUT2D eigenvalue weighted by Crippen LogP contribution is 2.21. The van der Waals surface area contributed by atoms with Crippen molar-refractivity contribution in [1.29, 1.82) is 0 Å². The van der Waals surface area contributed by atoms with Crippen LogP contribution in [0.5, 0.6) is 0 Å². The number of nitrogens with zero attached hydrogens (tertiary/aromatic N) is 2. The monoisotopic (exact) mass is 281 g/mol. The first-order chi connectivity index (χ1) is 9.70. The van der Waals surface area contributed by atoms with Gasteiger partial charge in [-0.2, -0.15) is 0 Å². The number of methoxy groups -OCH3 is 1. The summed E-state index contributed by atoms with van der Waals surface area (Å²) >= 11 is 0. The highest BCUT2D eigenvalue weighted by Gasteiger charge is 2.15. The molecule has 1 saturated carbocycles. The van der Waals surface area contributed by atoms with Crippen LogP contribution in [0.1, 0.15) is 44.3 Å². The molecule has 1 fully saturated rings. The summed E-state index contributed by atoms with van der Waals surface area (Å²) in [6.45, 7) is 6.37. The SMILES string of the molecule is COCC(C)n1cc(C)nc1NCCOC1CCCC1. The second kappa shape index (κ2) is 7.64. The standard InChI is InChI=1S/C15H27N3O2/c1-12-10-18(13(2)11-19-3)15(17-12)16-8-9-20-14-6-4-5-7-14/h10,13-14H,4-9,11H2,1-3H3,(H,16,17). The van der Waals surface area contributed by atoms with E-state index in [4.69, 9.17) is 9.47 Å². The van der Waals surface area contributed by atoms with Crippen molar-refractivity contribution in [3.63, 3.8) is 0 Å². The quantitative estimate of drug-likeness (QED) is 0.744. The molecule has 0 aromatic carbocycles. The van der Waals surface area contributed by atoms with Crippen LogP contribution in [0.4, 0.5) is 5.95 Å². The lowest BCUT2D eigenvalue weighted by Gasteiger charge is -2.16. The van der Waals surface area contributed by atoms with Gasteiger partial charge in [0.2, 0.25) is 5.95 Å². The first-order valence-electron chi connectivity index (χ1n) is 7.60. The molecule has 1 aromatic heterocycles. The number of hydrogen-bond donors (Lipinski definition) is 1. The van der Waals surface area contributed by atoms with E-state index in [-0.39, 0.29) is 6.04 Å². The van der Waals surface area contributed by atoms with Gasteiger partial charge in [0.15, 0.2) is 0 Å². The molecule has 1 atom stereocenters. The Labute approximate surface area is 121 Å². The Bertz CT molecular complexity index is 400. The van der Waals surface area contributed by atoms with Crippen LogP contribution in [0.15, 0.2) is 6.20 Å². The summed E-state index contributed by atoms with van der Waals surface area (Å²) in [5.74, 6) is 0.905. The number of nitrogens with one attached hydrogen (secondary N) is 1. The second-order valence-corrected chi connectivity index (χ2v) is 5.62. The summed E-state index contributed by atoms with van der Waals surface area (Å²) < 4.78 is 13.2. The Morgan fingerprint density at radius 3 is 2.90 bits per heavy atom. The van der Waals surface area contributed by atoms with Crippen LogP contribution in [-0.2, 0) is 9.47 Å². The fourth-order valence-corrected chi connectivity index (χ4v) is 2.75. The largest absolute Gasteiger partial charge is 0.383 e. The van der Waals surface area contributed by atoms with Gasteiger partial charge in [0, 0.05) is 19.9 Å². The van der Waals surface area contributed by atoms with Gasteiger partial charge in [-0.3, -0.25) is 0 Å². The van der Waals surface area contributed by atoms with Crippen molar-refractivity contribution in [3.05, 3.63) is 11.9 Å². The Hall–Kier alpha value is -1.07. The summed E-state index contributed by atoms with van der Waals surface area (Å²) in [5, 5.41) is 3.37. The molecule has 0 amide bonds. The molecule has 1 N–H and O–H groups in total. The van der Waals surface area contributed by atoms with E-state index in [0.29, 0.717) is 12.7 Å². The number of hydrogen-bond acceptors (Lipinski definition) is 4. The van der Waals surface area contributed by atoms with Gasteiger partial charge < -0.3 is 19.4 Å². The second-order valence-electron chi connectivity index (χ2n) is 5.62.